The van der Waals surface area contributed by atoms with Crippen LogP contribution in [0.1, 0.15) is 48.0 Å². The lowest BCUT2D eigenvalue weighted by Gasteiger charge is -2.37. The molecule has 3 nitrogen and oxygen atoms in total. The second-order valence-electron chi connectivity index (χ2n) is 6.17. The summed E-state index contributed by atoms with van der Waals surface area (Å²) < 4.78 is 17.3. The van der Waals surface area contributed by atoms with Crippen LogP contribution >= 0.6 is 0 Å². The van der Waals surface area contributed by atoms with Crippen LogP contribution in [0.3, 0.4) is 0 Å². The molecule has 0 saturated carbocycles. The minimum Gasteiger partial charge on any atom is -0.380 e. The zero-order chi connectivity index (χ0) is 14.8. The van der Waals surface area contributed by atoms with E-state index in [1.807, 2.05) is 24.3 Å². The van der Waals surface area contributed by atoms with Crippen molar-refractivity contribution in [1.82, 2.24) is 0 Å². The molecule has 0 aromatic heterocycles. The summed E-state index contributed by atoms with van der Waals surface area (Å²) in [5.41, 5.74) is 1.86. The lowest BCUT2D eigenvalue weighted by Crippen LogP contribution is -2.41. The number of rotatable bonds is 4. The first-order valence-electron chi connectivity index (χ1n) is 7.70. The highest BCUT2D eigenvalue weighted by atomic mass is 32.2. The number of benzene rings is 1. The van der Waals surface area contributed by atoms with Gasteiger partial charge in [0.05, 0.1) is 6.61 Å². The monoisotopic (exact) mass is 306 g/mol. The number of hydrogen-bond donors (Lipinski definition) is 0. The number of carbonyl (C=O) groups excluding carboxylic acids is 1. The van der Waals surface area contributed by atoms with E-state index in [1.165, 1.54) is 6.42 Å². The van der Waals surface area contributed by atoms with Crippen molar-refractivity contribution in [2.24, 2.45) is 5.92 Å². The molecule has 0 N–H and O–H groups in total. The molecule has 21 heavy (non-hydrogen) atoms. The first-order valence-corrected chi connectivity index (χ1v) is 8.98. The molecule has 2 saturated heterocycles. The lowest BCUT2D eigenvalue weighted by molar-refractivity contribution is 0.0895. The van der Waals surface area contributed by atoms with E-state index in [9.17, 15) is 9.00 Å². The molecule has 2 unspecified atom stereocenters. The molecule has 2 aliphatic heterocycles. The van der Waals surface area contributed by atoms with Crippen molar-refractivity contribution in [2.75, 3.05) is 7.11 Å². The quantitative estimate of drug-likeness (QED) is 0.803. The van der Waals surface area contributed by atoms with Gasteiger partial charge in [-0.05, 0) is 31.2 Å². The fourth-order valence-electron chi connectivity index (χ4n) is 3.62. The van der Waals surface area contributed by atoms with E-state index in [0.29, 0.717) is 6.61 Å². The largest absolute Gasteiger partial charge is 0.380 e. The Morgan fingerprint density at radius 3 is 2.38 bits per heavy atom. The van der Waals surface area contributed by atoms with Gasteiger partial charge in [0.25, 0.3) is 0 Å². The van der Waals surface area contributed by atoms with Crippen LogP contribution in [0, 0.1) is 5.92 Å². The smallest absolute Gasteiger partial charge is 0.166 e. The first-order chi connectivity index (χ1) is 10.2. The van der Waals surface area contributed by atoms with Crippen LogP contribution in [0.5, 0.6) is 0 Å². The normalized spacial score (nSPS) is 31.9. The van der Waals surface area contributed by atoms with Gasteiger partial charge in [-0.25, -0.2) is 0 Å². The van der Waals surface area contributed by atoms with Crippen molar-refractivity contribution in [3.05, 3.63) is 35.4 Å². The van der Waals surface area contributed by atoms with Gasteiger partial charge < -0.3 is 4.74 Å². The fraction of sp³-hybridized carbons (Fsp3) is 0.588. The molecular formula is C17H22O3S. The third-order valence-electron chi connectivity index (χ3n) is 4.72. The van der Waals surface area contributed by atoms with Crippen LogP contribution in [0.15, 0.2) is 24.3 Å². The minimum absolute atomic E-state index is 0.0614. The summed E-state index contributed by atoms with van der Waals surface area (Å²) in [5, 5.41) is 0.499. The summed E-state index contributed by atoms with van der Waals surface area (Å²) in [7, 11) is 0.962. The number of ketones is 1. The Morgan fingerprint density at radius 1 is 1.19 bits per heavy atom. The van der Waals surface area contributed by atoms with Gasteiger partial charge in [-0.2, -0.15) is 0 Å². The molecule has 2 atom stereocenters. The van der Waals surface area contributed by atoms with Crippen molar-refractivity contribution >= 4 is 16.6 Å². The van der Waals surface area contributed by atoms with E-state index in [2.05, 4.69) is 0 Å². The van der Waals surface area contributed by atoms with Crippen molar-refractivity contribution in [3.8, 4) is 0 Å². The summed E-state index contributed by atoms with van der Waals surface area (Å²) in [4.78, 5) is 12.7. The molecule has 2 aliphatic rings. The van der Waals surface area contributed by atoms with Crippen molar-refractivity contribution in [2.45, 2.75) is 49.2 Å². The van der Waals surface area contributed by atoms with Gasteiger partial charge in [-0.1, -0.05) is 30.7 Å². The fourth-order valence-corrected chi connectivity index (χ4v) is 5.80. The van der Waals surface area contributed by atoms with E-state index in [-0.39, 0.29) is 22.2 Å². The van der Waals surface area contributed by atoms with E-state index < -0.39 is 10.8 Å². The number of hydrogen-bond acceptors (Lipinski definition) is 3. The third kappa shape index (κ3) is 3.11. The summed E-state index contributed by atoms with van der Waals surface area (Å²) in [5.74, 6) is 0.291. The second kappa shape index (κ2) is 6.41. The molecule has 1 aromatic carbocycles. The Balaban J connectivity index is 1.71. The number of carbonyl (C=O) groups is 1. The van der Waals surface area contributed by atoms with Gasteiger partial charge >= 0.3 is 0 Å². The second-order valence-corrected chi connectivity index (χ2v) is 8.16. The number of fused-ring (bicyclic) bond motifs is 2. The molecule has 0 amide bonds. The van der Waals surface area contributed by atoms with Crippen LogP contribution in [-0.4, -0.2) is 27.6 Å². The average molecular weight is 306 g/mol. The number of ether oxygens (including phenoxy) is 1. The number of methoxy groups -OCH3 is 1. The lowest BCUT2D eigenvalue weighted by atomic mass is 9.84. The van der Waals surface area contributed by atoms with Gasteiger partial charge in [-0.15, -0.1) is 0 Å². The van der Waals surface area contributed by atoms with Gasteiger partial charge in [0.1, 0.15) is 0 Å². The zero-order valence-electron chi connectivity index (χ0n) is 12.4. The molecule has 0 aliphatic carbocycles. The SMILES string of the molecule is COCc1ccc(C(=O)C2CC3CCCC(C2)S3=O)cc1. The molecule has 3 rings (SSSR count). The molecule has 0 spiro atoms. The molecular weight excluding hydrogens is 284 g/mol. The van der Waals surface area contributed by atoms with Crippen LogP contribution in [-0.2, 0) is 22.1 Å². The van der Waals surface area contributed by atoms with Crippen molar-refractivity contribution < 1.29 is 13.7 Å². The number of Topliss-reactive ketones (excluding diaryl/α,β-unsaturated/α-hetero) is 1. The zero-order valence-corrected chi connectivity index (χ0v) is 13.2. The third-order valence-corrected chi connectivity index (χ3v) is 6.89. The minimum atomic E-state index is -0.705. The van der Waals surface area contributed by atoms with Gasteiger partial charge in [0, 0.05) is 39.9 Å². The molecule has 2 bridgehead atoms. The summed E-state index contributed by atoms with van der Waals surface area (Å²) >= 11 is 0. The van der Waals surface area contributed by atoms with Crippen molar-refractivity contribution in [1.29, 1.82) is 0 Å². The predicted molar refractivity (Wildman–Crippen MR) is 83.8 cm³/mol. The molecule has 2 heterocycles. The van der Waals surface area contributed by atoms with Gasteiger partial charge in [0.15, 0.2) is 5.78 Å². The highest BCUT2D eigenvalue weighted by molar-refractivity contribution is 7.86. The maximum Gasteiger partial charge on any atom is 0.166 e. The molecule has 0 radical (unpaired) electrons. The Labute approximate surface area is 128 Å². The van der Waals surface area contributed by atoms with Crippen LogP contribution < -0.4 is 0 Å². The average Bonchev–Trinajstić information content (AvgIpc) is 2.47. The summed E-state index contributed by atoms with van der Waals surface area (Å²) in [6.07, 6.45) is 4.84. The highest BCUT2D eigenvalue weighted by Crippen LogP contribution is 2.38. The van der Waals surface area contributed by atoms with Gasteiger partial charge in [-0.3, -0.25) is 9.00 Å². The topological polar surface area (TPSA) is 43.4 Å². The Kier molecular flexibility index (Phi) is 4.55. The van der Waals surface area contributed by atoms with E-state index >= 15 is 0 Å². The highest BCUT2D eigenvalue weighted by Gasteiger charge is 2.40. The first kappa shape index (κ1) is 14.9. The van der Waals surface area contributed by atoms with E-state index in [1.54, 1.807) is 7.11 Å². The Morgan fingerprint density at radius 2 is 1.81 bits per heavy atom. The van der Waals surface area contributed by atoms with Crippen molar-refractivity contribution in [3.63, 3.8) is 0 Å². The molecule has 2 fully saturated rings. The maximum atomic E-state index is 12.7. The summed E-state index contributed by atoms with van der Waals surface area (Å²) in [6.45, 7) is 0.570. The standard InChI is InChI=1S/C17H22O3S/c1-20-11-12-5-7-13(8-6-12)17(18)14-9-15-3-2-4-16(10-14)21(15)19/h5-8,14-16H,2-4,9-11H2,1H3. The Bertz CT molecular complexity index is 521. The van der Waals surface area contributed by atoms with E-state index in [0.717, 1.165) is 36.8 Å². The maximum absolute atomic E-state index is 12.7. The Hall–Kier alpha value is -1.00. The van der Waals surface area contributed by atoms with Crippen LogP contribution in [0.25, 0.3) is 0 Å². The molecule has 114 valence electrons. The molecule has 4 heteroatoms. The van der Waals surface area contributed by atoms with Crippen LogP contribution in [0.2, 0.25) is 0 Å². The van der Waals surface area contributed by atoms with Crippen LogP contribution in [0.4, 0.5) is 0 Å². The predicted octanol–water partition coefficient (Wildman–Crippen LogP) is 3.10. The van der Waals surface area contributed by atoms with E-state index in [4.69, 9.17) is 4.74 Å². The molecule has 1 aromatic rings. The van der Waals surface area contributed by atoms with Gasteiger partial charge in [0.2, 0.25) is 0 Å². The summed E-state index contributed by atoms with van der Waals surface area (Å²) in [6, 6.07) is 7.72.